The van der Waals surface area contributed by atoms with E-state index in [9.17, 15) is 0 Å². The maximum absolute atomic E-state index is 3.87. The Morgan fingerprint density at radius 1 is 1.21 bits per heavy atom. The molecule has 0 bridgehead atoms. The van der Waals surface area contributed by atoms with Crippen LogP contribution in [0.15, 0.2) is 67.3 Å². The fourth-order valence-electron chi connectivity index (χ4n) is 1.53. The van der Waals surface area contributed by atoms with Crippen LogP contribution >= 0.6 is 0 Å². The van der Waals surface area contributed by atoms with Gasteiger partial charge in [-0.15, -0.1) is 6.58 Å². The fraction of sp³-hybridized carbons (Fsp3) is 0.143. The van der Waals surface area contributed by atoms with Crippen LogP contribution in [-0.2, 0) is 0 Å². The van der Waals surface area contributed by atoms with Gasteiger partial charge in [-0.2, -0.15) is 0 Å². The second-order valence-electron chi connectivity index (χ2n) is 3.27. The molecule has 0 aliphatic heterocycles. The summed E-state index contributed by atoms with van der Waals surface area (Å²) in [6, 6.07) is 10.4. The highest BCUT2D eigenvalue weighted by atomic mass is 14.1. The largest absolute Gasteiger partial charge is 0.102 e. The second-order valence-corrected chi connectivity index (χ2v) is 3.27. The number of allylic oxidation sites excluding steroid dienone is 4. The van der Waals surface area contributed by atoms with E-state index in [1.165, 1.54) is 11.1 Å². The Hall–Kier alpha value is -1.56. The third kappa shape index (κ3) is 2.46. The van der Waals surface area contributed by atoms with Gasteiger partial charge in [-0.05, 0) is 12.5 Å². The van der Waals surface area contributed by atoms with E-state index in [0.717, 1.165) is 0 Å². The fourth-order valence-corrected chi connectivity index (χ4v) is 1.53. The van der Waals surface area contributed by atoms with Gasteiger partial charge in [0.2, 0.25) is 0 Å². The molecule has 14 heavy (non-hydrogen) atoms. The zero-order chi connectivity index (χ0) is 10.4. The first-order chi connectivity index (χ1) is 6.79. The van der Waals surface area contributed by atoms with Gasteiger partial charge in [-0.25, -0.2) is 0 Å². The third-order valence-electron chi connectivity index (χ3n) is 2.27. The predicted molar refractivity (Wildman–Crippen MR) is 63.3 cm³/mol. The van der Waals surface area contributed by atoms with Crippen LogP contribution in [0.5, 0.6) is 0 Å². The molecule has 0 aliphatic rings. The summed E-state index contributed by atoms with van der Waals surface area (Å²) in [6.45, 7) is 9.66. The average Bonchev–Trinajstić information content (AvgIpc) is 2.21. The van der Waals surface area contributed by atoms with Crippen molar-refractivity contribution < 1.29 is 0 Å². The summed E-state index contributed by atoms with van der Waals surface area (Å²) in [6.07, 6.45) is 5.80. The average molecular weight is 184 g/mol. The van der Waals surface area contributed by atoms with Crippen LogP contribution in [0, 0.1) is 0 Å². The molecule has 0 heterocycles. The topological polar surface area (TPSA) is 0 Å². The lowest BCUT2D eigenvalue weighted by Crippen LogP contribution is -1.95. The molecule has 0 heteroatoms. The molecule has 0 spiro atoms. The molecular formula is C14H16. The lowest BCUT2D eigenvalue weighted by Gasteiger charge is -2.13. The summed E-state index contributed by atoms with van der Waals surface area (Å²) < 4.78 is 0. The van der Waals surface area contributed by atoms with E-state index in [0.29, 0.717) is 5.92 Å². The zero-order valence-corrected chi connectivity index (χ0v) is 8.61. The molecule has 1 aromatic carbocycles. The van der Waals surface area contributed by atoms with Crippen LogP contribution in [-0.4, -0.2) is 0 Å². The van der Waals surface area contributed by atoms with Gasteiger partial charge in [0.25, 0.3) is 0 Å². The summed E-state index contributed by atoms with van der Waals surface area (Å²) in [7, 11) is 0. The lowest BCUT2D eigenvalue weighted by molar-refractivity contribution is 0.993. The van der Waals surface area contributed by atoms with Gasteiger partial charge in [-0.3, -0.25) is 0 Å². The van der Waals surface area contributed by atoms with Crippen molar-refractivity contribution in [2.75, 3.05) is 0 Å². The van der Waals surface area contributed by atoms with Crippen molar-refractivity contribution in [3.63, 3.8) is 0 Å². The zero-order valence-electron chi connectivity index (χ0n) is 8.61. The van der Waals surface area contributed by atoms with E-state index in [1.54, 1.807) is 0 Å². The quantitative estimate of drug-likeness (QED) is 0.488. The molecular weight excluding hydrogens is 168 g/mol. The van der Waals surface area contributed by atoms with Crippen LogP contribution in [0.4, 0.5) is 0 Å². The first-order valence-electron chi connectivity index (χ1n) is 4.76. The second kappa shape index (κ2) is 5.23. The third-order valence-corrected chi connectivity index (χ3v) is 2.27. The Bertz CT molecular complexity index is 330. The first kappa shape index (κ1) is 10.5. The summed E-state index contributed by atoms with van der Waals surface area (Å²) in [5, 5.41) is 0. The summed E-state index contributed by atoms with van der Waals surface area (Å²) in [5.41, 5.74) is 2.54. The Balaban J connectivity index is 2.99. The molecule has 1 unspecified atom stereocenters. The molecule has 0 radical (unpaired) electrons. The van der Waals surface area contributed by atoms with Gasteiger partial charge in [0.05, 0.1) is 0 Å². The molecule has 1 aromatic rings. The highest BCUT2D eigenvalue weighted by Gasteiger charge is 2.07. The number of benzene rings is 1. The standard InChI is InChI=1S/C14H16/c1-4-9-12(3)14(5-2)13-10-7-6-8-11-13/h4-11,14H,1-2H2,3H3/b12-9+. The van der Waals surface area contributed by atoms with Crippen molar-refractivity contribution >= 4 is 0 Å². The smallest absolute Gasteiger partial charge is 0.0226 e. The molecule has 0 saturated heterocycles. The SMILES string of the molecule is C=C/C=C(\C)C(C=C)c1ccccc1. The summed E-state index contributed by atoms with van der Waals surface area (Å²) >= 11 is 0. The maximum atomic E-state index is 3.87. The highest BCUT2D eigenvalue weighted by Crippen LogP contribution is 2.24. The normalized spacial score (nSPS) is 13.4. The van der Waals surface area contributed by atoms with E-state index in [1.807, 2.05) is 36.4 Å². The molecule has 0 aromatic heterocycles. The van der Waals surface area contributed by atoms with Crippen LogP contribution in [0.25, 0.3) is 0 Å². The van der Waals surface area contributed by atoms with Crippen molar-refractivity contribution in [1.82, 2.24) is 0 Å². The molecule has 0 aliphatic carbocycles. The van der Waals surface area contributed by atoms with Gasteiger partial charge >= 0.3 is 0 Å². The van der Waals surface area contributed by atoms with Crippen molar-refractivity contribution in [2.45, 2.75) is 12.8 Å². The Morgan fingerprint density at radius 2 is 1.86 bits per heavy atom. The van der Waals surface area contributed by atoms with Crippen LogP contribution in [0.1, 0.15) is 18.4 Å². The Kier molecular flexibility index (Phi) is 3.93. The van der Waals surface area contributed by atoms with E-state index < -0.39 is 0 Å². The minimum atomic E-state index is 0.300. The number of hydrogen-bond acceptors (Lipinski definition) is 0. The molecule has 72 valence electrons. The molecule has 0 amide bonds. The molecule has 0 nitrogen and oxygen atoms in total. The molecule has 1 atom stereocenters. The van der Waals surface area contributed by atoms with E-state index in [2.05, 4.69) is 32.2 Å². The van der Waals surface area contributed by atoms with Gasteiger partial charge in [-0.1, -0.05) is 60.7 Å². The molecule has 0 saturated carbocycles. The van der Waals surface area contributed by atoms with Gasteiger partial charge in [0.15, 0.2) is 0 Å². The molecule has 0 N–H and O–H groups in total. The Labute approximate surface area is 86.3 Å². The van der Waals surface area contributed by atoms with Gasteiger partial charge < -0.3 is 0 Å². The Morgan fingerprint density at radius 3 is 2.36 bits per heavy atom. The van der Waals surface area contributed by atoms with Gasteiger partial charge in [0.1, 0.15) is 0 Å². The van der Waals surface area contributed by atoms with Crippen molar-refractivity contribution in [3.05, 3.63) is 72.9 Å². The number of rotatable bonds is 4. The maximum Gasteiger partial charge on any atom is 0.0226 e. The summed E-state index contributed by atoms with van der Waals surface area (Å²) in [5.74, 6) is 0.300. The predicted octanol–water partition coefficient (Wildman–Crippen LogP) is 4.09. The van der Waals surface area contributed by atoms with Gasteiger partial charge in [0, 0.05) is 5.92 Å². The molecule has 1 rings (SSSR count). The lowest BCUT2D eigenvalue weighted by atomic mass is 9.92. The van der Waals surface area contributed by atoms with E-state index >= 15 is 0 Å². The first-order valence-corrected chi connectivity index (χ1v) is 4.76. The van der Waals surface area contributed by atoms with Crippen molar-refractivity contribution in [2.24, 2.45) is 0 Å². The highest BCUT2D eigenvalue weighted by molar-refractivity contribution is 5.33. The van der Waals surface area contributed by atoms with E-state index in [-0.39, 0.29) is 0 Å². The minimum Gasteiger partial charge on any atom is -0.102 e. The van der Waals surface area contributed by atoms with Crippen molar-refractivity contribution in [1.29, 1.82) is 0 Å². The summed E-state index contributed by atoms with van der Waals surface area (Å²) in [4.78, 5) is 0. The minimum absolute atomic E-state index is 0.300. The van der Waals surface area contributed by atoms with E-state index in [4.69, 9.17) is 0 Å². The monoisotopic (exact) mass is 184 g/mol. The van der Waals surface area contributed by atoms with Crippen LogP contribution in [0.2, 0.25) is 0 Å². The van der Waals surface area contributed by atoms with Crippen LogP contribution < -0.4 is 0 Å². The van der Waals surface area contributed by atoms with Crippen molar-refractivity contribution in [3.8, 4) is 0 Å². The van der Waals surface area contributed by atoms with Crippen LogP contribution in [0.3, 0.4) is 0 Å². The number of hydrogen-bond donors (Lipinski definition) is 0. The molecule has 0 fully saturated rings.